The minimum atomic E-state index is 0.134. The zero-order valence-corrected chi connectivity index (χ0v) is 12.3. The molecule has 0 bridgehead atoms. The van der Waals surface area contributed by atoms with Crippen molar-refractivity contribution in [3.8, 4) is 0 Å². The van der Waals surface area contributed by atoms with Crippen LogP contribution in [0.1, 0.15) is 55.7 Å². The van der Waals surface area contributed by atoms with E-state index < -0.39 is 0 Å². The van der Waals surface area contributed by atoms with Crippen LogP contribution in [-0.4, -0.2) is 17.2 Å². The third-order valence-corrected chi connectivity index (χ3v) is 4.95. The Hall–Kier alpha value is -0.970. The van der Waals surface area contributed by atoms with Crippen molar-refractivity contribution < 1.29 is 4.74 Å². The molecule has 4 nitrogen and oxygen atoms in total. The Balaban J connectivity index is 1.78. The molecule has 2 atom stereocenters. The van der Waals surface area contributed by atoms with E-state index in [4.69, 9.17) is 10.6 Å². The third-order valence-electron chi connectivity index (χ3n) is 4.95. The minimum Gasteiger partial charge on any atom is -0.375 e. The lowest BCUT2D eigenvalue weighted by atomic mass is 9.79. The Morgan fingerprint density at radius 1 is 1.40 bits per heavy atom. The molecule has 1 saturated carbocycles. The zero-order valence-electron chi connectivity index (χ0n) is 12.3. The van der Waals surface area contributed by atoms with Crippen LogP contribution in [0, 0.1) is 12.8 Å². The molecule has 110 valence electrons. The lowest BCUT2D eigenvalue weighted by Gasteiger charge is -2.41. The highest BCUT2D eigenvalue weighted by atomic mass is 16.5. The molecular weight excluding hydrogens is 250 g/mol. The molecule has 1 aromatic rings. The van der Waals surface area contributed by atoms with Crippen LogP contribution in [0.15, 0.2) is 18.5 Å². The second-order valence-electron chi connectivity index (χ2n) is 6.43. The number of hydrogen-bond donors (Lipinski definition) is 2. The summed E-state index contributed by atoms with van der Waals surface area (Å²) in [6.45, 7) is 2.94. The summed E-state index contributed by atoms with van der Waals surface area (Å²) in [6, 6.07) is 2.37. The van der Waals surface area contributed by atoms with Crippen molar-refractivity contribution in [2.24, 2.45) is 11.8 Å². The Morgan fingerprint density at radius 3 is 2.90 bits per heavy atom. The number of pyridine rings is 1. The van der Waals surface area contributed by atoms with E-state index in [1.54, 1.807) is 0 Å². The van der Waals surface area contributed by atoms with Gasteiger partial charge in [0.25, 0.3) is 0 Å². The smallest absolute Gasteiger partial charge is 0.0686 e. The van der Waals surface area contributed by atoms with Crippen LogP contribution in [0.3, 0.4) is 0 Å². The van der Waals surface area contributed by atoms with Gasteiger partial charge in [0.2, 0.25) is 0 Å². The van der Waals surface area contributed by atoms with Crippen molar-refractivity contribution >= 4 is 0 Å². The number of nitrogens with two attached hydrogens (primary N) is 1. The van der Waals surface area contributed by atoms with Gasteiger partial charge in [-0.15, -0.1) is 0 Å². The predicted molar refractivity (Wildman–Crippen MR) is 78.9 cm³/mol. The fourth-order valence-electron chi connectivity index (χ4n) is 3.97. The monoisotopic (exact) mass is 275 g/mol. The van der Waals surface area contributed by atoms with E-state index in [2.05, 4.69) is 23.4 Å². The maximum absolute atomic E-state index is 6.13. The summed E-state index contributed by atoms with van der Waals surface area (Å²) in [5.41, 5.74) is 5.55. The molecule has 1 aliphatic heterocycles. The van der Waals surface area contributed by atoms with Crippen molar-refractivity contribution in [3.63, 3.8) is 0 Å². The summed E-state index contributed by atoms with van der Waals surface area (Å²) in [4.78, 5) is 4.31. The van der Waals surface area contributed by atoms with Crippen LogP contribution in [0.4, 0.5) is 0 Å². The van der Waals surface area contributed by atoms with E-state index in [9.17, 15) is 0 Å². The summed E-state index contributed by atoms with van der Waals surface area (Å²) >= 11 is 0. The van der Waals surface area contributed by atoms with Crippen molar-refractivity contribution in [1.29, 1.82) is 0 Å². The van der Waals surface area contributed by atoms with E-state index in [0.717, 1.165) is 19.4 Å². The van der Waals surface area contributed by atoms with E-state index in [-0.39, 0.29) is 11.6 Å². The van der Waals surface area contributed by atoms with Gasteiger partial charge in [-0.1, -0.05) is 18.9 Å². The summed E-state index contributed by atoms with van der Waals surface area (Å²) in [6.07, 6.45) is 11.1. The zero-order chi connectivity index (χ0) is 14.0. The fraction of sp³-hybridized carbons (Fsp3) is 0.688. The van der Waals surface area contributed by atoms with Gasteiger partial charge < -0.3 is 4.74 Å². The van der Waals surface area contributed by atoms with Crippen molar-refractivity contribution in [2.75, 3.05) is 6.61 Å². The van der Waals surface area contributed by atoms with Gasteiger partial charge in [-0.3, -0.25) is 16.3 Å². The maximum Gasteiger partial charge on any atom is 0.0686 e. The molecule has 0 aromatic carbocycles. The quantitative estimate of drug-likeness (QED) is 0.657. The van der Waals surface area contributed by atoms with E-state index >= 15 is 0 Å². The summed E-state index contributed by atoms with van der Waals surface area (Å²) < 4.78 is 6.13. The Kier molecular flexibility index (Phi) is 4.06. The molecule has 2 unspecified atom stereocenters. The molecule has 4 heteroatoms. The molecule has 1 spiro atoms. The summed E-state index contributed by atoms with van der Waals surface area (Å²) in [5.74, 6) is 6.39. The van der Waals surface area contributed by atoms with Crippen LogP contribution in [0.5, 0.6) is 0 Å². The van der Waals surface area contributed by atoms with Gasteiger partial charge in [-0.25, -0.2) is 0 Å². The third kappa shape index (κ3) is 2.73. The Bertz CT molecular complexity index is 457. The van der Waals surface area contributed by atoms with Crippen LogP contribution in [-0.2, 0) is 4.74 Å². The average molecular weight is 275 g/mol. The number of aryl methyl sites for hydroxylation is 1. The summed E-state index contributed by atoms with van der Waals surface area (Å²) in [7, 11) is 0. The number of nitrogens with zero attached hydrogens (tertiary/aromatic N) is 1. The van der Waals surface area contributed by atoms with E-state index in [1.807, 2.05) is 12.4 Å². The number of aromatic nitrogens is 1. The molecular formula is C16H25N3O. The van der Waals surface area contributed by atoms with Crippen LogP contribution in [0.2, 0.25) is 0 Å². The first-order valence-electron chi connectivity index (χ1n) is 7.74. The van der Waals surface area contributed by atoms with Crippen LogP contribution in [0.25, 0.3) is 0 Å². The predicted octanol–water partition coefficient (Wildman–Crippen LogP) is 2.63. The maximum atomic E-state index is 6.13. The number of hydrazine groups is 1. The van der Waals surface area contributed by atoms with Gasteiger partial charge in [-0.05, 0) is 49.7 Å². The minimum absolute atomic E-state index is 0.134. The molecule has 3 rings (SSSR count). The van der Waals surface area contributed by atoms with E-state index in [0.29, 0.717) is 5.92 Å². The highest BCUT2D eigenvalue weighted by molar-refractivity contribution is 5.21. The molecule has 1 saturated heterocycles. The van der Waals surface area contributed by atoms with Crippen LogP contribution >= 0.6 is 0 Å². The molecule has 2 aliphatic rings. The Labute approximate surface area is 121 Å². The van der Waals surface area contributed by atoms with Gasteiger partial charge in [0, 0.05) is 19.0 Å². The molecule has 0 radical (unpaired) electrons. The van der Waals surface area contributed by atoms with Crippen molar-refractivity contribution in [1.82, 2.24) is 10.4 Å². The van der Waals surface area contributed by atoms with Gasteiger partial charge >= 0.3 is 0 Å². The molecule has 2 heterocycles. The fourth-order valence-corrected chi connectivity index (χ4v) is 3.97. The molecule has 1 aromatic heterocycles. The van der Waals surface area contributed by atoms with Gasteiger partial charge in [0.05, 0.1) is 11.6 Å². The number of rotatable bonds is 3. The first kappa shape index (κ1) is 14.0. The standard InChI is InChI=1S/C16H25N3O/c1-12-8-14(11-18-10-12)15(19-17)13-4-7-20-16(9-13)5-2-3-6-16/h8,10-11,13,15,19H,2-7,9,17H2,1H3. The summed E-state index contributed by atoms with van der Waals surface area (Å²) in [5, 5.41) is 0. The van der Waals surface area contributed by atoms with Gasteiger partial charge in [0.15, 0.2) is 0 Å². The van der Waals surface area contributed by atoms with Crippen molar-refractivity contribution in [2.45, 2.75) is 57.1 Å². The lowest BCUT2D eigenvalue weighted by Crippen LogP contribution is -2.43. The molecule has 20 heavy (non-hydrogen) atoms. The highest BCUT2D eigenvalue weighted by Gasteiger charge is 2.42. The first-order chi connectivity index (χ1) is 9.72. The van der Waals surface area contributed by atoms with Crippen molar-refractivity contribution in [3.05, 3.63) is 29.6 Å². The molecule has 1 aliphatic carbocycles. The van der Waals surface area contributed by atoms with Gasteiger partial charge in [0.1, 0.15) is 0 Å². The normalized spacial score (nSPS) is 26.8. The lowest BCUT2D eigenvalue weighted by molar-refractivity contribution is -0.0982. The average Bonchev–Trinajstić information content (AvgIpc) is 2.88. The first-order valence-corrected chi connectivity index (χ1v) is 7.74. The molecule has 3 N–H and O–H groups in total. The topological polar surface area (TPSA) is 60.2 Å². The number of ether oxygens (including phenoxy) is 1. The van der Waals surface area contributed by atoms with E-state index in [1.165, 1.54) is 36.8 Å². The SMILES string of the molecule is Cc1cncc(C(NN)C2CCOC3(CCCC3)C2)c1. The number of hydrogen-bond acceptors (Lipinski definition) is 4. The molecule has 0 amide bonds. The second kappa shape index (κ2) is 5.80. The Morgan fingerprint density at radius 2 is 2.20 bits per heavy atom. The van der Waals surface area contributed by atoms with Crippen LogP contribution < -0.4 is 11.3 Å². The highest BCUT2D eigenvalue weighted by Crippen LogP contribution is 2.45. The van der Waals surface area contributed by atoms with Gasteiger partial charge in [-0.2, -0.15) is 0 Å². The number of nitrogens with one attached hydrogen (secondary N) is 1. The second-order valence-corrected chi connectivity index (χ2v) is 6.43. The molecule has 2 fully saturated rings. The largest absolute Gasteiger partial charge is 0.375 e.